The molecule has 94 valence electrons. The van der Waals surface area contributed by atoms with E-state index in [0.29, 0.717) is 29.9 Å². The van der Waals surface area contributed by atoms with E-state index in [0.717, 1.165) is 4.47 Å². The Morgan fingerprint density at radius 2 is 2.28 bits per heavy atom. The summed E-state index contributed by atoms with van der Waals surface area (Å²) in [6.07, 6.45) is 2.42. The molecule has 1 fully saturated rings. The first-order valence-electron chi connectivity index (χ1n) is 5.74. The van der Waals surface area contributed by atoms with E-state index in [9.17, 15) is 4.39 Å². The van der Waals surface area contributed by atoms with E-state index in [1.807, 2.05) is 0 Å². The van der Waals surface area contributed by atoms with Crippen LogP contribution in [0, 0.1) is 5.82 Å². The van der Waals surface area contributed by atoms with Gasteiger partial charge in [-0.1, -0.05) is 5.16 Å². The first kappa shape index (κ1) is 11.8. The van der Waals surface area contributed by atoms with Gasteiger partial charge < -0.3 is 9.84 Å². The van der Waals surface area contributed by atoms with Gasteiger partial charge in [0.15, 0.2) is 5.82 Å². The van der Waals surface area contributed by atoms with Crippen LogP contribution in [-0.4, -0.2) is 16.2 Å². The maximum atomic E-state index is 13.2. The molecule has 0 radical (unpaired) electrons. The molecular formula is C12H11BrFN3O. The Morgan fingerprint density at radius 1 is 1.44 bits per heavy atom. The van der Waals surface area contributed by atoms with Crippen LogP contribution in [0.4, 0.5) is 4.39 Å². The summed E-state index contributed by atoms with van der Waals surface area (Å²) in [7, 11) is 0. The van der Waals surface area contributed by atoms with Gasteiger partial charge in [0.1, 0.15) is 5.82 Å². The molecule has 0 saturated heterocycles. The molecule has 4 nitrogen and oxygen atoms in total. The van der Waals surface area contributed by atoms with Crippen LogP contribution < -0.4 is 5.32 Å². The number of rotatable bonds is 4. The fraction of sp³-hybridized carbons (Fsp3) is 0.333. The fourth-order valence-electron chi connectivity index (χ4n) is 1.62. The molecule has 1 heterocycles. The van der Waals surface area contributed by atoms with Gasteiger partial charge in [0.25, 0.3) is 5.89 Å². The minimum Gasteiger partial charge on any atom is -0.334 e. The predicted octanol–water partition coefficient (Wildman–Crippen LogP) is 2.89. The third-order valence-corrected chi connectivity index (χ3v) is 3.44. The molecule has 1 aliphatic carbocycles. The van der Waals surface area contributed by atoms with E-state index in [1.165, 1.54) is 25.0 Å². The Morgan fingerprint density at radius 3 is 3.06 bits per heavy atom. The van der Waals surface area contributed by atoms with Gasteiger partial charge in [0.2, 0.25) is 0 Å². The maximum Gasteiger partial charge on any atom is 0.259 e. The van der Waals surface area contributed by atoms with Crippen molar-refractivity contribution >= 4 is 15.9 Å². The van der Waals surface area contributed by atoms with Crippen LogP contribution in [-0.2, 0) is 6.54 Å². The summed E-state index contributed by atoms with van der Waals surface area (Å²) in [6, 6.07) is 4.96. The smallest absolute Gasteiger partial charge is 0.259 e. The molecule has 0 unspecified atom stereocenters. The zero-order valence-corrected chi connectivity index (χ0v) is 11.1. The molecule has 1 aliphatic rings. The first-order valence-corrected chi connectivity index (χ1v) is 6.53. The van der Waals surface area contributed by atoms with Crippen molar-refractivity contribution < 1.29 is 8.91 Å². The molecule has 0 bridgehead atoms. The van der Waals surface area contributed by atoms with Gasteiger partial charge in [-0.2, -0.15) is 4.98 Å². The summed E-state index contributed by atoms with van der Waals surface area (Å²) < 4.78 is 19.1. The molecule has 3 rings (SSSR count). The lowest BCUT2D eigenvalue weighted by Crippen LogP contribution is -2.16. The lowest BCUT2D eigenvalue weighted by Gasteiger charge is -1.98. The van der Waals surface area contributed by atoms with Crippen molar-refractivity contribution in [2.75, 3.05) is 0 Å². The minimum absolute atomic E-state index is 0.328. The number of nitrogens with one attached hydrogen (secondary N) is 1. The molecule has 1 saturated carbocycles. The highest BCUT2D eigenvalue weighted by molar-refractivity contribution is 9.10. The third kappa shape index (κ3) is 2.59. The van der Waals surface area contributed by atoms with Crippen molar-refractivity contribution in [3.8, 4) is 11.5 Å². The zero-order chi connectivity index (χ0) is 12.5. The van der Waals surface area contributed by atoms with Crippen molar-refractivity contribution in [2.45, 2.75) is 25.4 Å². The topological polar surface area (TPSA) is 51.0 Å². The van der Waals surface area contributed by atoms with Crippen LogP contribution in [0.25, 0.3) is 11.5 Å². The quantitative estimate of drug-likeness (QED) is 0.943. The average Bonchev–Trinajstić information content (AvgIpc) is 3.08. The van der Waals surface area contributed by atoms with E-state index >= 15 is 0 Å². The number of aromatic nitrogens is 2. The molecule has 0 aliphatic heterocycles. The standard InChI is InChI=1S/C12H11BrFN3O/c13-10-4-1-7(14)5-9(10)12-16-11(17-18-12)6-15-8-2-3-8/h1,4-5,8,15H,2-3,6H2. The third-order valence-electron chi connectivity index (χ3n) is 2.75. The molecule has 2 aromatic rings. The largest absolute Gasteiger partial charge is 0.334 e. The highest BCUT2D eigenvalue weighted by Gasteiger charge is 2.21. The van der Waals surface area contributed by atoms with Crippen LogP contribution in [0.5, 0.6) is 0 Å². The minimum atomic E-state index is -0.330. The highest BCUT2D eigenvalue weighted by Crippen LogP contribution is 2.27. The van der Waals surface area contributed by atoms with Crippen LogP contribution >= 0.6 is 15.9 Å². The number of hydrogen-bond acceptors (Lipinski definition) is 4. The summed E-state index contributed by atoms with van der Waals surface area (Å²) in [4.78, 5) is 4.25. The first-order chi connectivity index (χ1) is 8.72. The molecule has 1 aromatic heterocycles. The molecule has 18 heavy (non-hydrogen) atoms. The van der Waals surface area contributed by atoms with Crippen molar-refractivity contribution in [1.29, 1.82) is 0 Å². The van der Waals surface area contributed by atoms with Gasteiger partial charge in [0.05, 0.1) is 12.1 Å². The van der Waals surface area contributed by atoms with Gasteiger partial charge in [-0.3, -0.25) is 0 Å². The number of halogens is 2. The zero-order valence-electron chi connectivity index (χ0n) is 9.49. The summed E-state index contributed by atoms with van der Waals surface area (Å²) >= 11 is 3.34. The molecular weight excluding hydrogens is 301 g/mol. The summed E-state index contributed by atoms with van der Waals surface area (Å²) in [5.74, 6) is 0.589. The predicted molar refractivity (Wildman–Crippen MR) is 67.3 cm³/mol. The Hall–Kier alpha value is -1.27. The monoisotopic (exact) mass is 311 g/mol. The van der Waals surface area contributed by atoms with Gasteiger partial charge >= 0.3 is 0 Å². The fourth-order valence-corrected chi connectivity index (χ4v) is 2.04. The molecule has 0 atom stereocenters. The van der Waals surface area contributed by atoms with Crippen molar-refractivity contribution in [2.24, 2.45) is 0 Å². The summed E-state index contributed by atoms with van der Waals surface area (Å²) in [5, 5.41) is 7.16. The Bertz CT molecular complexity index is 568. The highest BCUT2D eigenvalue weighted by atomic mass is 79.9. The van der Waals surface area contributed by atoms with E-state index in [2.05, 4.69) is 31.4 Å². The second kappa shape index (κ2) is 4.78. The lowest BCUT2D eigenvalue weighted by molar-refractivity contribution is 0.419. The van der Waals surface area contributed by atoms with E-state index in [-0.39, 0.29) is 5.82 Å². The van der Waals surface area contributed by atoms with Crippen LogP contribution in [0.15, 0.2) is 27.2 Å². The van der Waals surface area contributed by atoms with Gasteiger partial charge in [0, 0.05) is 10.5 Å². The van der Waals surface area contributed by atoms with Gasteiger partial charge in [-0.15, -0.1) is 0 Å². The van der Waals surface area contributed by atoms with Gasteiger partial charge in [-0.25, -0.2) is 4.39 Å². The Kier molecular flexibility index (Phi) is 3.13. The molecule has 0 amide bonds. The van der Waals surface area contributed by atoms with Crippen molar-refractivity contribution in [3.05, 3.63) is 34.3 Å². The summed E-state index contributed by atoms with van der Waals surface area (Å²) in [5.41, 5.74) is 0.570. The van der Waals surface area contributed by atoms with Crippen molar-refractivity contribution in [3.63, 3.8) is 0 Å². The van der Waals surface area contributed by atoms with E-state index < -0.39 is 0 Å². The Balaban J connectivity index is 1.80. The lowest BCUT2D eigenvalue weighted by atomic mass is 10.2. The number of benzene rings is 1. The second-order valence-electron chi connectivity index (χ2n) is 4.30. The Labute approximate surface area is 112 Å². The molecule has 1 aromatic carbocycles. The second-order valence-corrected chi connectivity index (χ2v) is 5.15. The number of hydrogen-bond donors (Lipinski definition) is 1. The van der Waals surface area contributed by atoms with Crippen LogP contribution in [0.3, 0.4) is 0 Å². The maximum absolute atomic E-state index is 13.2. The molecule has 0 spiro atoms. The average molecular weight is 312 g/mol. The van der Waals surface area contributed by atoms with Gasteiger partial charge in [-0.05, 0) is 47.0 Å². The van der Waals surface area contributed by atoms with Crippen molar-refractivity contribution in [1.82, 2.24) is 15.5 Å². The van der Waals surface area contributed by atoms with Crippen LogP contribution in [0.1, 0.15) is 18.7 Å². The molecule has 1 N–H and O–H groups in total. The number of nitrogens with zero attached hydrogens (tertiary/aromatic N) is 2. The van der Waals surface area contributed by atoms with Crippen LogP contribution in [0.2, 0.25) is 0 Å². The normalized spacial score (nSPS) is 15.0. The summed E-state index contributed by atoms with van der Waals surface area (Å²) in [6.45, 7) is 0.584. The van der Waals surface area contributed by atoms with E-state index in [1.54, 1.807) is 6.07 Å². The van der Waals surface area contributed by atoms with E-state index in [4.69, 9.17) is 4.52 Å². The molecule has 6 heteroatoms. The SMILES string of the molecule is Fc1ccc(Br)c(-c2nc(CNC3CC3)no2)c1.